The third kappa shape index (κ3) is 22.4. The highest BCUT2D eigenvalue weighted by Gasteiger charge is 2.51. The van der Waals surface area contributed by atoms with Crippen LogP contribution >= 0.6 is 46.0 Å². The summed E-state index contributed by atoms with van der Waals surface area (Å²) < 4.78 is 52.3. The molecule has 3 aliphatic rings. The van der Waals surface area contributed by atoms with Gasteiger partial charge in [-0.25, -0.2) is 27.7 Å². The number of halogens is 2. The predicted octanol–water partition coefficient (Wildman–Crippen LogP) is 11.5. The van der Waals surface area contributed by atoms with Crippen molar-refractivity contribution in [2.24, 2.45) is 11.8 Å². The predicted molar refractivity (Wildman–Crippen MR) is 331 cm³/mol. The average Bonchev–Trinajstić information content (AvgIpc) is 3.67. The molecule has 2 aromatic carbocycles. The van der Waals surface area contributed by atoms with Gasteiger partial charge in [0, 0.05) is 103 Å². The molecule has 4 aromatic heterocycles. The second kappa shape index (κ2) is 34.7. The number of nitrogens with zero attached hydrogens (tertiary/aromatic N) is 4. The van der Waals surface area contributed by atoms with E-state index >= 15 is 0 Å². The van der Waals surface area contributed by atoms with Gasteiger partial charge in [0.25, 0.3) is 5.91 Å². The summed E-state index contributed by atoms with van der Waals surface area (Å²) in [6, 6.07) is 22.1. The molecular formula is C59H76Cl2N9O11P3. The minimum Gasteiger partial charge on any atom is -0.472 e. The van der Waals surface area contributed by atoms with Crippen LogP contribution in [0.5, 0.6) is 0 Å². The maximum atomic E-state index is 12.3. The Kier molecular flexibility index (Phi) is 28.4. The molecule has 452 valence electrons. The van der Waals surface area contributed by atoms with Crippen molar-refractivity contribution in [2.45, 2.75) is 86.7 Å². The fourth-order valence-corrected chi connectivity index (χ4v) is 18.4. The molecule has 0 spiro atoms. The molecule has 3 saturated heterocycles. The monoisotopic (exact) mass is 1250 g/mol. The van der Waals surface area contributed by atoms with E-state index in [0.29, 0.717) is 79.9 Å². The third-order valence-corrected chi connectivity index (χ3v) is 22.5. The van der Waals surface area contributed by atoms with Crippen LogP contribution in [-0.4, -0.2) is 123 Å². The van der Waals surface area contributed by atoms with E-state index in [0.717, 1.165) is 51.8 Å². The van der Waals surface area contributed by atoms with Crippen LogP contribution in [0.25, 0.3) is 22.1 Å². The summed E-state index contributed by atoms with van der Waals surface area (Å²) in [6.45, 7) is 19.4. The summed E-state index contributed by atoms with van der Waals surface area (Å²) in [7, 11) is -10.7. The Bertz CT molecular complexity index is 3300. The van der Waals surface area contributed by atoms with Crippen LogP contribution < -0.4 is 16.0 Å². The van der Waals surface area contributed by atoms with E-state index in [1.165, 1.54) is 19.6 Å². The van der Waals surface area contributed by atoms with Crippen molar-refractivity contribution in [3.8, 4) is 23.7 Å². The molecular weight excluding hydrogens is 1170 g/mol. The standard InChI is InChI=1S/C22H19ClN4O2.C13H15ClN4O.C9H21O6P3.C9H6O2.C6H15N/c23-18-12-26-22-21(18)17(8-9-24-22)11-25-19(28)10-16-13-27(14-16)20(29)7-6-15-4-2-1-3-5-15;14-10-7-18-13-12(10)9(1-2-16-13)6-17-11(19)3-8-4-15-5-8;1-4-7-16(10)13-17(11,8-5-2)15-18(12,14-16)9-6-3;10-9(11)7-6-8-4-2-1-3-5-8;1-4-7(5-2)6-3/h1-5,8-9,12,16H,10-11,13-14H2,(H,24,26)(H,25,28);1-2,7-8,15H,3-6H2,(H,16,18)(H,17,19);4-9H2,1-3H3;1-5H,(H,10,11);4-6H2,1-3H3. The van der Waals surface area contributed by atoms with Gasteiger partial charge in [0.1, 0.15) is 11.3 Å². The molecule has 0 atom stereocenters. The van der Waals surface area contributed by atoms with Crippen molar-refractivity contribution in [3.63, 3.8) is 0 Å². The second-order valence-corrected chi connectivity index (χ2v) is 27.4. The molecule has 6 N–H and O–H groups in total. The number of carboxylic acid groups (broad SMARTS) is 1. The maximum Gasteiger partial charge on any atom is 0.382 e. The van der Waals surface area contributed by atoms with Crippen LogP contribution in [0.15, 0.2) is 97.6 Å². The molecule has 6 aromatic rings. The van der Waals surface area contributed by atoms with E-state index in [2.05, 4.69) is 79.3 Å². The van der Waals surface area contributed by atoms with Gasteiger partial charge in [-0.15, -0.1) is 0 Å². The quantitative estimate of drug-likeness (QED) is 0.0366. The summed E-state index contributed by atoms with van der Waals surface area (Å²) in [4.78, 5) is 64.6. The Labute approximate surface area is 502 Å². The zero-order chi connectivity index (χ0) is 61.1. The Hall–Kier alpha value is -6.11. The normalized spacial score (nSPS) is 18.8. The Morgan fingerprint density at radius 3 is 1.39 bits per heavy atom. The van der Waals surface area contributed by atoms with Crippen LogP contribution in [0.2, 0.25) is 10.0 Å². The smallest absolute Gasteiger partial charge is 0.382 e. The number of aliphatic carboxylic acids is 1. The molecule has 0 unspecified atom stereocenters. The third-order valence-electron chi connectivity index (χ3n) is 13.0. The lowest BCUT2D eigenvalue weighted by molar-refractivity contribution is -0.134. The first-order valence-corrected chi connectivity index (χ1v) is 34.0. The number of carboxylic acids is 1. The van der Waals surface area contributed by atoms with E-state index in [-0.39, 0.29) is 42.1 Å². The topological polar surface area (TPSA) is 267 Å². The van der Waals surface area contributed by atoms with Crippen molar-refractivity contribution in [1.82, 2.24) is 45.7 Å². The fraction of sp³-hybridized carbons (Fsp3) is 0.424. The molecule has 0 radical (unpaired) electrons. The number of benzene rings is 2. The van der Waals surface area contributed by atoms with Gasteiger partial charge >= 0.3 is 28.8 Å². The number of H-pyrrole nitrogens is 2. The van der Waals surface area contributed by atoms with Crippen LogP contribution in [0.1, 0.15) is 95.9 Å². The van der Waals surface area contributed by atoms with Gasteiger partial charge in [0.15, 0.2) is 0 Å². The summed E-state index contributed by atoms with van der Waals surface area (Å²) in [6.07, 6.45) is 9.70. The van der Waals surface area contributed by atoms with Crippen molar-refractivity contribution in [3.05, 3.63) is 130 Å². The number of fused-ring (bicyclic) bond motifs is 2. The number of aromatic nitrogens is 4. The molecule has 9 rings (SSSR count). The number of carbonyl (C=O) groups is 4. The second-order valence-electron chi connectivity index (χ2n) is 19.6. The Balaban J connectivity index is 0.000000206. The molecule has 84 heavy (non-hydrogen) atoms. The Morgan fingerprint density at radius 1 is 0.631 bits per heavy atom. The number of nitrogens with one attached hydrogen (secondary N) is 5. The van der Waals surface area contributed by atoms with E-state index in [4.69, 9.17) is 41.2 Å². The number of amides is 3. The maximum absolute atomic E-state index is 12.3. The van der Waals surface area contributed by atoms with Crippen LogP contribution in [0, 0.1) is 35.5 Å². The first kappa shape index (κ1) is 68.7. The Morgan fingerprint density at radius 2 is 1.04 bits per heavy atom. The first-order chi connectivity index (χ1) is 40.3. The highest BCUT2D eigenvalue weighted by Crippen LogP contribution is 2.82. The van der Waals surface area contributed by atoms with Gasteiger partial charge in [-0.2, -0.15) is 0 Å². The summed E-state index contributed by atoms with van der Waals surface area (Å²) in [5.74, 6) is 9.42. The molecule has 3 amide bonds. The van der Waals surface area contributed by atoms with Crippen LogP contribution in [-0.2, 0) is 58.9 Å². The number of likely N-dealkylation sites (tertiary alicyclic amines) is 1. The van der Waals surface area contributed by atoms with E-state index in [9.17, 15) is 32.9 Å². The molecule has 0 saturated carbocycles. The largest absolute Gasteiger partial charge is 0.472 e. The minimum absolute atomic E-state index is 0.0471. The van der Waals surface area contributed by atoms with Gasteiger partial charge in [-0.1, -0.05) is 113 Å². The molecule has 3 fully saturated rings. The number of hydrogen-bond acceptors (Lipinski definition) is 14. The minimum atomic E-state index is -3.57. The van der Waals surface area contributed by atoms with Crippen molar-refractivity contribution in [2.75, 3.05) is 64.3 Å². The number of hydrogen-bond donors (Lipinski definition) is 6. The lowest BCUT2D eigenvalue weighted by Gasteiger charge is -2.37. The molecule has 0 bridgehead atoms. The lowest BCUT2D eigenvalue weighted by Crippen LogP contribution is -2.50. The van der Waals surface area contributed by atoms with E-state index in [1.54, 1.807) is 62.6 Å². The van der Waals surface area contributed by atoms with Crippen LogP contribution in [0.3, 0.4) is 0 Å². The fourth-order valence-electron chi connectivity index (χ4n) is 8.60. The number of aromatic amines is 2. The highest BCUT2D eigenvalue weighted by atomic mass is 35.5. The van der Waals surface area contributed by atoms with Gasteiger partial charge in [-0.3, -0.25) is 28.1 Å². The van der Waals surface area contributed by atoms with Gasteiger partial charge < -0.3 is 40.8 Å². The molecule has 0 aliphatic carbocycles. The summed E-state index contributed by atoms with van der Waals surface area (Å²) in [5, 5.41) is 20.2. The highest BCUT2D eigenvalue weighted by molar-refractivity contribution is 7.80. The van der Waals surface area contributed by atoms with Crippen molar-refractivity contribution >= 4 is 91.7 Å². The van der Waals surface area contributed by atoms with Gasteiger partial charge in [0.2, 0.25) is 11.8 Å². The molecule has 3 aliphatic heterocycles. The van der Waals surface area contributed by atoms with Gasteiger partial charge in [-0.05, 0) is 105 Å². The summed E-state index contributed by atoms with van der Waals surface area (Å²) in [5.41, 5.74) is 4.87. The summed E-state index contributed by atoms with van der Waals surface area (Å²) >= 11 is 12.3. The van der Waals surface area contributed by atoms with Crippen LogP contribution in [0.4, 0.5) is 0 Å². The lowest BCUT2D eigenvalue weighted by atomic mass is 9.96. The molecule has 25 heteroatoms. The average molecular weight is 1250 g/mol. The van der Waals surface area contributed by atoms with E-state index < -0.39 is 28.8 Å². The van der Waals surface area contributed by atoms with Crippen molar-refractivity contribution in [1.29, 1.82) is 0 Å². The molecule has 20 nitrogen and oxygen atoms in total. The molecule has 7 heterocycles. The zero-order valence-corrected chi connectivity index (χ0v) is 52.5. The first-order valence-electron chi connectivity index (χ1n) is 28.0. The number of pyridine rings is 2. The number of rotatable bonds is 17. The van der Waals surface area contributed by atoms with E-state index in [1.807, 2.05) is 66.6 Å². The van der Waals surface area contributed by atoms with Crippen molar-refractivity contribution < 1.29 is 50.9 Å². The SMILES string of the molecule is CCCP1(=O)OP(=O)(CCC)OP(=O)(CCC)O1.CCN(CC)CC.O=C(CC1CN(C(=O)C#Cc2ccccc2)C1)NCc1ccnc2[nH]cc(Cl)c12.O=C(CC1CNC1)NCc1ccnc2[nH]cc(Cl)c12.O=C(O)C#Cc1ccccc1. The van der Waals surface area contributed by atoms with Gasteiger partial charge in [0.05, 0.1) is 28.5 Å². The number of carbonyl (C=O) groups excluding carboxylic acids is 3. The zero-order valence-electron chi connectivity index (χ0n) is 48.3.